The molecule has 0 saturated heterocycles. The number of hydrazine groups is 1. The molecule has 0 atom stereocenters. The van der Waals surface area contributed by atoms with Gasteiger partial charge in [0.2, 0.25) is 6.33 Å². The largest absolute Gasteiger partial charge is 0.490 e. The van der Waals surface area contributed by atoms with E-state index in [1.165, 1.54) is 11.0 Å². The van der Waals surface area contributed by atoms with Crippen molar-refractivity contribution in [2.45, 2.75) is 6.54 Å². The average molecular weight is 235 g/mol. The molecule has 0 fully saturated rings. The summed E-state index contributed by atoms with van der Waals surface area (Å²) in [7, 11) is 0. The van der Waals surface area contributed by atoms with Gasteiger partial charge in [-0.05, 0) is 16.6 Å². The third-order valence-electron chi connectivity index (χ3n) is 2.00. The van der Waals surface area contributed by atoms with E-state index in [2.05, 4.69) is 20.5 Å². The van der Waals surface area contributed by atoms with E-state index in [0.29, 0.717) is 12.4 Å². The van der Waals surface area contributed by atoms with Gasteiger partial charge in [0.15, 0.2) is 0 Å². The van der Waals surface area contributed by atoms with Crippen LogP contribution in [0.1, 0.15) is 5.56 Å². The monoisotopic (exact) mass is 235 g/mol. The quantitative estimate of drug-likeness (QED) is 0.431. The van der Waals surface area contributed by atoms with E-state index >= 15 is 0 Å². The summed E-state index contributed by atoms with van der Waals surface area (Å²) in [6.45, 7) is 0.360. The highest BCUT2D eigenvalue weighted by Crippen LogP contribution is 2.06. The molecular formula is C8H9N7O2. The number of rotatable bonds is 4. The molecule has 0 aliphatic carbocycles. The Labute approximate surface area is 95.4 Å². The summed E-state index contributed by atoms with van der Waals surface area (Å²) >= 11 is 0. The van der Waals surface area contributed by atoms with Crippen LogP contribution in [0, 0.1) is 10.1 Å². The molecule has 0 bridgehead atoms. The molecule has 2 rings (SSSR count). The van der Waals surface area contributed by atoms with Crippen LogP contribution in [0.2, 0.25) is 0 Å². The van der Waals surface area contributed by atoms with E-state index in [1.54, 1.807) is 18.3 Å². The summed E-state index contributed by atoms with van der Waals surface area (Å²) in [4.78, 5) is 17.3. The summed E-state index contributed by atoms with van der Waals surface area (Å²) in [6.07, 6.45) is 2.90. The molecule has 2 heterocycles. The number of nitrogen functional groups attached to an aromatic ring is 1. The molecule has 0 spiro atoms. The van der Waals surface area contributed by atoms with Crippen LogP contribution in [-0.4, -0.2) is 24.7 Å². The summed E-state index contributed by atoms with van der Waals surface area (Å²) in [5.41, 5.74) is 3.24. The number of anilines is 1. The second kappa shape index (κ2) is 4.53. The first-order valence-corrected chi connectivity index (χ1v) is 4.64. The van der Waals surface area contributed by atoms with Gasteiger partial charge < -0.3 is 15.5 Å². The SMILES string of the molecule is NNc1ccc(Cn2cnc([N+](=O)[O-])n2)cn1. The Morgan fingerprint density at radius 3 is 2.82 bits per heavy atom. The molecule has 0 radical (unpaired) electrons. The fourth-order valence-electron chi connectivity index (χ4n) is 1.24. The normalized spacial score (nSPS) is 10.2. The van der Waals surface area contributed by atoms with Gasteiger partial charge in [-0.15, -0.1) is 0 Å². The van der Waals surface area contributed by atoms with Gasteiger partial charge in [-0.3, -0.25) is 0 Å². The third kappa shape index (κ3) is 2.52. The van der Waals surface area contributed by atoms with E-state index in [0.717, 1.165) is 5.56 Å². The van der Waals surface area contributed by atoms with Gasteiger partial charge in [-0.1, -0.05) is 11.1 Å². The fourth-order valence-corrected chi connectivity index (χ4v) is 1.24. The second-order valence-corrected chi connectivity index (χ2v) is 3.20. The van der Waals surface area contributed by atoms with Crippen LogP contribution in [0.15, 0.2) is 24.7 Å². The van der Waals surface area contributed by atoms with Gasteiger partial charge in [-0.2, -0.15) is 4.68 Å². The Balaban J connectivity index is 2.11. The zero-order chi connectivity index (χ0) is 12.3. The number of nitrogens with zero attached hydrogens (tertiary/aromatic N) is 5. The Morgan fingerprint density at radius 1 is 1.47 bits per heavy atom. The van der Waals surface area contributed by atoms with Crippen molar-refractivity contribution in [2.24, 2.45) is 5.84 Å². The number of hydrogen-bond acceptors (Lipinski definition) is 7. The van der Waals surface area contributed by atoms with Crippen LogP contribution in [0.3, 0.4) is 0 Å². The molecular weight excluding hydrogens is 226 g/mol. The summed E-state index contributed by atoms with van der Waals surface area (Å²) in [5.74, 6) is 5.30. The minimum absolute atomic E-state index is 0.360. The number of hydrogen-bond donors (Lipinski definition) is 2. The lowest BCUT2D eigenvalue weighted by atomic mass is 10.3. The molecule has 0 amide bonds. The molecule has 9 heteroatoms. The molecule has 0 unspecified atom stereocenters. The molecule has 88 valence electrons. The van der Waals surface area contributed by atoms with Crippen molar-refractivity contribution in [1.82, 2.24) is 19.7 Å². The van der Waals surface area contributed by atoms with Crippen LogP contribution < -0.4 is 11.3 Å². The molecule has 17 heavy (non-hydrogen) atoms. The highest BCUT2D eigenvalue weighted by atomic mass is 16.6. The van der Waals surface area contributed by atoms with Crippen molar-refractivity contribution in [3.63, 3.8) is 0 Å². The first-order valence-electron chi connectivity index (χ1n) is 4.64. The van der Waals surface area contributed by atoms with E-state index in [9.17, 15) is 10.1 Å². The lowest BCUT2D eigenvalue weighted by Crippen LogP contribution is -2.08. The van der Waals surface area contributed by atoms with Crippen LogP contribution in [0.5, 0.6) is 0 Å². The van der Waals surface area contributed by atoms with E-state index in [4.69, 9.17) is 5.84 Å². The van der Waals surface area contributed by atoms with Gasteiger partial charge in [0.25, 0.3) is 0 Å². The van der Waals surface area contributed by atoms with Crippen molar-refractivity contribution in [1.29, 1.82) is 0 Å². The average Bonchev–Trinajstić information content (AvgIpc) is 2.79. The minimum atomic E-state index is -0.643. The fraction of sp³-hybridized carbons (Fsp3) is 0.125. The Bertz CT molecular complexity index is 521. The first kappa shape index (κ1) is 11.0. The molecule has 0 aromatic carbocycles. The second-order valence-electron chi connectivity index (χ2n) is 3.20. The molecule has 9 nitrogen and oxygen atoms in total. The van der Waals surface area contributed by atoms with Crippen molar-refractivity contribution < 1.29 is 4.92 Å². The lowest BCUT2D eigenvalue weighted by Gasteiger charge is -2.00. The Morgan fingerprint density at radius 2 is 2.29 bits per heavy atom. The maximum Gasteiger partial charge on any atom is 0.490 e. The Hall–Kier alpha value is -2.55. The van der Waals surface area contributed by atoms with Crippen molar-refractivity contribution in [2.75, 3.05) is 5.43 Å². The highest BCUT2D eigenvalue weighted by molar-refractivity contribution is 5.33. The smallest absolute Gasteiger partial charge is 0.390 e. The van der Waals surface area contributed by atoms with Crippen molar-refractivity contribution in [3.05, 3.63) is 40.3 Å². The van der Waals surface area contributed by atoms with E-state index in [1.807, 2.05) is 0 Å². The standard InChI is InChI=1S/C8H9N7O2/c9-12-7-2-1-6(3-10-7)4-14-5-11-8(13-14)15(16)17/h1-3,5H,4,9H2,(H,10,12). The molecule has 0 aliphatic heterocycles. The predicted molar refractivity (Wildman–Crippen MR) is 57.8 cm³/mol. The molecule has 3 N–H and O–H groups in total. The maximum atomic E-state index is 10.4. The highest BCUT2D eigenvalue weighted by Gasteiger charge is 2.12. The molecule has 2 aromatic rings. The van der Waals surface area contributed by atoms with Crippen molar-refractivity contribution in [3.8, 4) is 0 Å². The summed E-state index contributed by atoms with van der Waals surface area (Å²) < 4.78 is 1.37. The number of aromatic nitrogens is 4. The van der Waals surface area contributed by atoms with E-state index in [-0.39, 0.29) is 0 Å². The minimum Gasteiger partial charge on any atom is -0.390 e. The number of nitrogens with one attached hydrogen (secondary N) is 1. The Kier molecular flexibility index (Phi) is 2.92. The van der Waals surface area contributed by atoms with Gasteiger partial charge in [0.1, 0.15) is 5.82 Å². The number of pyridine rings is 1. The zero-order valence-corrected chi connectivity index (χ0v) is 8.65. The zero-order valence-electron chi connectivity index (χ0n) is 8.65. The summed E-state index contributed by atoms with van der Waals surface area (Å²) in [5, 5.41) is 14.1. The van der Waals surface area contributed by atoms with Gasteiger partial charge in [0.05, 0.1) is 6.54 Å². The van der Waals surface area contributed by atoms with Crippen LogP contribution >= 0.6 is 0 Å². The van der Waals surface area contributed by atoms with Crippen molar-refractivity contribution >= 4 is 11.8 Å². The maximum absolute atomic E-state index is 10.4. The molecule has 0 saturated carbocycles. The first-order chi connectivity index (χ1) is 8.19. The number of nitro groups is 1. The van der Waals surface area contributed by atoms with Gasteiger partial charge in [-0.25, -0.2) is 10.8 Å². The van der Waals surface area contributed by atoms with Gasteiger partial charge in [0, 0.05) is 11.3 Å². The van der Waals surface area contributed by atoms with Gasteiger partial charge >= 0.3 is 5.95 Å². The van der Waals surface area contributed by atoms with Crippen LogP contribution in [0.4, 0.5) is 11.8 Å². The predicted octanol–water partition coefficient (Wildman–Crippen LogP) is -0.0848. The topological polar surface area (TPSA) is 125 Å². The lowest BCUT2D eigenvalue weighted by molar-refractivity contribution is -0.394. The summed E-state index contributed by atoms with van der Waals surface area (Å²) in [6, 6.07) is 3.48. The molecule has 0 aliphatic rings. The third-order valence-corrected chi connectivity index (χ3v) is 2.00. The van der Waals surface area contributed by atoms with E-state index < -0.39 is 10.9 Å². The van der Waals surface area contributed by atoms with Crippen LogP contribution in [0.25, 0.3) is 0 Å². The number of nitrogens with two attached hydrogens (primary N) is 1. The van der Waals surface area contributed by atoms with Crippen LogP contribution in [-0.2, 0) is 6.54 Å². The molecule has 2 aromatic heterocycles.